The zero-order chi connectivity index (χ0) is 13.2. The van der Waals surface area contributed by atoms with Crippen molar-refractivity contribution in [2.45, 2.75) is 58.7 Å². The van der Waals surface area contributed by atoms with Crippen LogP contribution in [0.25, 0.3) is 0 Å². The van der Waals surface area contributed by atoms with Gasteiger partial charge in [-0.25, -0.2) is 0 Å². The summed E-state index contributed by atoms with van der Waals surface area (Å²) in [5.41, 5.74) is 2.59. The monoisotopic (exact) mass is 249 g/mol. The molecule has 0 aliphatic heterocycles. The fourth-order valence-electron chi connectivity index (χ4n) is 2.09. The minimum Gasteiger partial charge on any atom is -0.380 e. The van der Waals surface area contributed by atoms with Gasteiger partial charge in [0.15, 0.2) is 0 Å². The summed E-state index contributed by atoms with van der Waals surface area (Å²) in [6.45, 7) is 6.17. The van der Waals surface area contributed by atoms with Crippen molar-refractivity contribution in [2.75, 3.05) is 7.11 Å². The van der Waals surface area contributed by atoms with Crippen LogP contribution >= 0.6 is 0 Å². The van der Waals surface area contributed by atoms with Crippen molar-refractivity contribution in [3.8, 4) is 0 Å². The lowest BCUT2D eigenvalue weighted by Gasteiger charge is -2.14. The molecule has 2 heteroatoms. The molecule has 0 saturated heterocycles. The zero-order valence-corrected chi connectivity index (χ0v) is 12.0. The number of rotatable bonds is 9. The molecule has 0 aliphatic rings. The number of nitrogens with one attached hydrogen (secondary N) is 1. The molecule has 1 aromatic carbocycles. The molecular formula is C16H27NO. The standard InChI is InChI=1S/C16H27NO/c1-4-5-6-8-14(2)17-12-15-9-7-10-16(11-15)13-18-3/h7,9-11,14,17H,4-6,8,12-13H2,1-3H3. The molecule has 0 amide bonds. The van der Waals surface area contributed by atoms with Gasteiger partial charge in [0.05, 0.1) is 6.61 Å². The van der Waals surface area contributed by atoms with Crippen molar-refractivity contribution in [3.63, 3.8) is 0 Å². The van der Waals surface area contributed by atoms with Crippen LogP contribution in [0.15, 0.2) is 24.3 Å². The van der Waals surface area contributed by atoms with E-state index in [9.17, 15) is 0 Å². The van der Waals surface area contributed by atoms with Gasteiger partial charge in [-0.05, 0) is 24.5 Å². The largest absolute Gasteiger partial charge is 0.380 e. The first kappa shape index (κ1) is 15.2. The lowest BCUT2D eigenvalue weighted by molar-refractivity contribution is 0.185. The van der Waals surface area contributed by atoms with Crippen LogP contribution in [0.2, 0.25) is 0 Å². The summed E-state index contributed by atoms with van der Waals surface area (Å²) in [4.78, 5) is 0. The van der Waals surface area contributed by atoms with Crippen LogP contribution in [-0.4, -0.2) is 13.2 Å². The fraction of sp³-hybridized carbons (Fsp3) is 0.625. The van der Waals surface area contributed by atoms with Gasteiger partial charge >= 0.3 is 0 Å². The van der Waals surface area contributed by atoms with Crippen LogP contribution in [0.5, 0.6) is 0 Å². The van der Waals surface area contributed by atoms with Crippen molar-refractivity contribution < 1.29 is 4.74 Å². The van der Waals surface area contributed by atoms with Gasteiger partial charge in [0.25, 0.3) is 0 Å². The summed E-state index contributed by atoms with van der Waals surface area (Å²) in [5, 5.41) is 3.59. The second kappa shape index (κ2) is 9.12. The van der Waals surface area contributed by atoms with Crippen LogP contribution in [-0.2, 0) is 17.9 Å². The van der Waals surface area contributed by atoms with Gasteiger partial charge in [-0.2, -0.15) is 0 Å². The second-order valence-electron chi connectivity index (χ2n) is 5.03. The summed E-state index contributed by atoms with van der Waals surface area (Å²) < 4.78 is 5.15. The summed E-state index contributed by atoms with van der Waals surface area (Å²) >= 11 is 0. The Kier molecular flexibility index (Phi) is 7.70. The summed E-state index contributed by atoms with van der Waals surface area (Å²) in [5.74, 6) is 0. The topological polar surface area (TPSA) is 21.3 Å². The second-order valence-corrected chi connectivity index (χ2v) is 5.03. The molecular weight excluding hydrogens is 222 g/mol. The summed E-state index contributed by atoms with van der Waals surface area (Å²) in [6.07, 6.45) is 5.24. The molecule has 1 N–H and O–H groups in total. The van der Waals surface area contributed by atoms with E-state index in [0.717, 1.165) is 6.54 Å². The predicted molar refractivity (Wildman–Crippen MR) is 77.6 cm³/mol. The molecule has 2 nitrogen and oxygen atoms in total. The first-order chi connectivity index (χ1) is 8.76. The highest BCUT2D eigenvalue weighted by Crippen LogP contribution is 2.08. The average Bonchev–Trinajstić information content (AvgIpc) is 2.38. The molecule has 1 aromatic rings. The number of methoxy groups -OCH3 is 1. The Hall–Kier alpha value is -0.860. The third kappa shape index (κ3) is 6.18. The Balaban J connectivity index is 2.31. The van der Waals surface area contributed by atoms with Crippen LogP contribution in [0.4, 0.5) is 0 Å². The van der Waals surface area contributed by atoms with E-state index in [4.69, 9.17) is 4.74 Å². The Morgan fingerprint density at radius 3 is 2.72 bits per heavy atom. The summed E-state index contributed by atoms with van der Waals surface area (Å²) in [6, 6.07) is 9.20. The van der Waals surface area contributed by atoms with E-state index in [1.807, 2.05) is 0 Å². The highest BCUT2D eigenvalue weighted by molar-refractivity contribution is 5.22. The smallest absolute Gasteiger partial charge is 0.0713 e. The number of ether oxygens (including phenoxy) is 1. The minimum absolute atomic E-state index is 0.600. The molecule has 0 fully saturated rings. The Morgan fingerprint density at radius 2 is 2.00 bits per heavy atom. The third-order valence-corrected chi connectivity index (χ3v) is 3.20. The SMILES string of the molecule is CCCCCC(C)NCc1cccc(COC)c1. The molecule has 0 saturated carbocycles. The quantitative estimate of drug-likeness (QED) is 0.670. The fourth-order valence-corrected chi connectivity index (χ4v) is 2.09. The van der Waals surface area contributed by atoms with Crippen molar-refractivity contribution in [2.24, 2.45) is 0 Å². The maximum absolute atomic E-state index is 5.15. The first-order valence-corrected chi connectivity index (χ1v) is 7.06. The molecule has 102 valence electrons. The highest BCUT2D eigenvalue weighted by Gasteiger charge is 2.01. The van der Waals surface area contributed by atoms with E-state index in [1.54, 1.807) is 7.11 Å². The molecule has 0 radical (unpaired) electrons. The van der Waals surface area contributed by atoms with E-state index in [-0.39, 0.29) is 0 Å². The number of benzene rings is 1. The van der Waals surface area contributed by atoms with E-state index in [2.05, 4.69) is 43.4 Å². The highest BCUT2D eigenvalue weighted by atomic mass is 16.5. The van der Waals surface area contributed by atoms with E-state index in [1.165, 1.54) is 36.8 Å². The average molecular weight is 249 g/mol. The van der Waals surface area contributed by atoms with Crippen molar-refractivity contribution in [3.05, 3.63) is 35.4 Å². The van der Waals surface area contributed by atoms with Crippen molar-refractivity contribution in [1.82, 2.24) is 5.32 Å². The van der Waals surface area contributed by atoms with Crippen molar-refractivity contribution >= 4 is 0 Å². The maximum Gasteiger partial charge on any atom is 0.0713 e. The van der Waals surface area contributed by atoms with Gasteiger partial charge in [-0.3, -0.25) is 0 Å². The van der Waals surface area contributed by atoms with Gasteiger partial charge in [-0.1, -0.05) is 50.5 Å². The van der Waals surface area contributed by atoms with Crippen LogP contribution in [0.3, 0.4) is 0 Å². The lowest BCUT2D eigenvalue weighted by Crippen LogP contribution is -2.25. The van der Waals surface area contributed by atoms with E-state index in [0.29, 0.717) is 12.6 Å². The zero-order valence-electron chi connectivity index (χ0n) is 12.0. The Labute approximate surface area is 112 Å². The molecule has 0 spiro atoms. The van der Waals surface area contributed by atoms with Crippen molar-refractivity contribution in [1.29, 1.82) is 0 Å². The number of unbranched alkanes of at least 4 members (excludes halogenated alkanes) is 2. The van der Waals surface area contributed by atoms with Crippen LogP contribution in [0.1, 0.15) is 50.7 Å². The minimum atomic E-state index is 0.600. The molecule has 1 atom stereocenters. The molecule has 0 aliphatic carbocycles. The molecule has 0 aromatic heterocycles. The van der Waals surface area contributed by atoms with Gasteiger partial charge in [-0.15, -0.1) is 0 Å². The van der Waals surface area contributed by atoms with E-state index < -0.39 is 0 Å². The molecule has 0 bridgehead atoms. The molecule has 1 rings (SSSR count). The maximum atomic E-state index is 5.15. The van der Waals surface area contributed by atoms with Crippen LogP contribution < -0.4 is 5.32 Å². The number of hydrogen-bond donors (Lipinski definition) is 1. The van der Waals surface area contributed by atoms with Gasteiger partial charge in [0, 0.05) is 19.7 Å². The lowest BCUT2D eigenvalue weighted by atomic mass is 10.1. The number of hydrogen-bond acceptors (Lipinski definition) is 2. The summed E-state index contributed by atoms with van der Waals surface area (Å²) in [7, 11) is 1.74. The van der Waals surface area contributed by atoms with E-state index >= 15 is 0 Å². The predicted octanol–water partition coefficient (Wildman–Crippen LogP) is 3.89. The molecule has 0 heterocycles. The van der Waals surface area contributed by atoms with Crippen LogP contribution in [0, 0.1) is 0 Å². The van der Waals surface area contributed by atoms with Gasteiger partial charge in [0.2, 0.25) is 0 Å². The normalized spacial score (nSPS) is 12.6. The van der Waals surface area contributed by atoms with Gasteiger partial charge in [0.1, 0.15) is 0 Å². The Bertz CT molecular complexity index is 325. The first-order valence-electron chi connectivity index (χ1n) is 7.06. The molecule has 18 heavy (non-hydrogen) atoms. The van der Waals surface area contributed by atoms with Gasteiger partial charge < -0.3 is 10.1 Å². The third-order valence-electron chi connectivity index (χ3n) is 3.20. The Morgan fingerprint density at radius 1 is 1.22 bits per heavy atom. The molecule has 1 unspecified atom stereocenters.